The Kier molecular flexibility index (Phi) is 5.29. The van der Waals surface area contributed by atoms with E-state index < -0.39 is 0 Å². The standard InChI is InChI=1S/C20H17BrN2O/c1-24-19-13-11-18(12-14-19)23-20(15-5-3-2-4-6-15)22-17-9-7-16(21)8-10-17/h2-14H,1H3,(H,22,23). The molecule has 3 aromatic carbocycles. The maximum Gasteiger partial charge on any atom is 0.138 e. The highest BCUT2D eigenvalue weighted by atomic mass is 79.9. The maximum absolute atomic E-state index is 5.20. The molecule has 0 aliphatic rings. The lowest BCUT2D eigenvalue weighted by Gasteiger charge is -2.11. The van der Waals surface area contributed by atoms with Crippen LogP contribution in [0, 0.1) is 0 Å². The Hall–Kier alpha value is -2.59. The highest BCUT2D eigenvalue weighted by Gasteiger charge is 2.05. The van der Waals surface area contributed by atoms with Crippen molar-refractivity contribution in [3.63, 3.8) is 0 Å². The van der Waals surface area contributed by atoms with Crippen LogP contribution in [0.1, 0.15) is 5.56 Å². The Bertz CT molecular complexity index is 813. The van der Waals surface area contributed by atoms with Gasteiger partial charge >= 0.3 is 0 Å². The fraction of sp³-hybridized carbons (Fsp3) is 0.0500. The van der Waals surface area contributed by atoms with Crippen molar-refractivity contribution in [2.45, 2.75) is 0 Å². The summed E-state index contributed by atoms with van der Waals surface area (Å²) in [6.45, 7) is 0. The summed E-state index contributed by atoms with van der Waals surface area (Å²) in [6, 6.07) is 25.8. The van der Waals surface area contributed by atoms with Crippen LogP contribution < -0.4 is 10.1 Å². The first-order chi connectivity index (χ1) is 11.7. The summed E-state index contributed by atoms with van der Waals surface area (Å²) in [5, 5.41) is 3.39. The summed E-state index contributed by atoms with van der Waals surface area (Å²) in [6.07, 6.45) is 0. The lowest BCUT2D eigenvalue weighted by molar-refractivity contribution is 0.415. The predicted octanol–water partition coefficient (Wildman–Crippen LogP) is 5.65. The molecule has 3 aromatic rings. The number of ether oxygens (including phenoxy) is 1. The molecule has 0 unspecified atom stereocenters. The smallest absolute Gasteiger partial charge is 0.138 e. The molecule has 0 aliphatic carbocycles. The molecular weight excluding hydrogens is 364 g/mol. The second-order valence-corrected chi connectivity index (χ2v) is 6.07. The number of aliphatic imine (C=N–C) groups is 1. The lowest BCUT2D eigenvalue weighted by Crippen LogP contribution is -2.13. The van der Waals surface area contributed by atoms with E-state index in [0.29, 0.717) is 0 Å². The van der Waals surface area contributed by atoms with Gasteiger partial charge in [0.25, 0.3) is 0 Å². The molecule has 24 heavy (non-hydrogen) atoms. The van der Waals surface area contributed by atoms with Gasteiger partial charge in [-0.3, -0.25) is 0 Å². The Morgan fingerprint density at radius 1 is 0.875 bits per heavy atom. The maximum atomic E-state index is 5.20. The van der Waals surface area contributed by atoms with Crippen molar-refractivity contribution in [2.24, 2.45) is 4.99 Å². The van der Waals surface area contributed by atoms with Crippen LogP contribution in [-0.2, 0) is 0 Å². The fourth-order valence-electron chi connectivity index (χ4n) is 2.22. The van der Waals surface area contributed by atoms with E-state index in [2.05, 4.69) is 21.2 Å². The molecule has 1 N–H and O–H groups in total. The van der Waals surface area contributed by atoms with Crippen LogP contribution >= 0.6 is 15.9 Å². The summed E-state index contributed by atoms with van der Waals surface area (Å²) >= 11 is 3.45. The molecule has 0 saturated carbocycles. The molecule has 0 aliphatic heterocycles. The minimum absolute atomic E-state index is 0.795. The highest BCUT2D eigenvalue weighted by Crippen LogP contribution is 2.20. The summed E-state index contributed by atoms with van der Waals surface area (Å²) in [5.74, 6) is 1.62. The van der Waals surface area contributed by atoms with E-state index in [9.17, 15) is 0 Å². The van der Waals surface area contributed by atoms with Gasteiger partial charge in [-0.05, 0) is 48.5 Å². The van der Waals surface area contributed by atoms with Crippen LogP contribution in [0.4, 0.5) is 11.4 Å². The van der Waals surface area contributed by atoms with E-state index in [1.165, 1.54) is 0 Å². The van der Waals surface area contributed by atoms with E-state index in [0.717, 1.165) is 33.0 Å². The number of hydrogen-bond acceptors (Lipinski definition) is 2. The summed E-state index contributed by atoms with van der Waals surface area (Å²) in [4.78, 5) is 4.76. The Labute approximate surface area is 150 Å². The van der Waals surface area contributed by atoms with Crippen molar-refractivity contribution in [3.05, 3.63) is 88.9 Å². The molecule has 4 heteroatoms. The van der Waals surface area contributed by atoms with Gasteiger partial charge in [0.05, 0.1) is 12.8 Å². The van der Waals surface area contributed by atoms with Crippen LogP contribution in [0.15, 0.2) is 88.3 Å². The number of nitrogens with one attached hydrogen (secondary N) is 1. The number of nitrogens with zero attached hydrogens (tertiary/aromatic N) is 1. The van der Waals surface area contributed by atoms with Gasteiger partial charge < -0.3 is 10.1 Å². The number of anilines is 1. The number of halogens is 1. The predicted molar refractivity (Wildman–Crippen MR) is 103 cm³/mol. The van der Waals surface area contributed by atoms with Crippen molar-refractivity contribution in [1.82, 2.24) is 0 Å². The van der Waals surface area contributed by atoms with Gasteiger partial charge in [-0.25, -0.2) is 4.99 Å². The molecule has 0 bridgehead atoms. The third-order valence-electron chi connectivity index (χ3n) is 3.47. The molecule has 0 amide bonds. The molecule has 0 radical (unpaired) electrons. The average molecular weight is 381 g/mol. The van der Waals surface area contributed by atoms with E-state index in [4.69, 9.17) is 9.73 Å². The van der Waals surface area contributed by atoms with Crippen molar-refractivity contribution < 1.29 is 4.74 Å². The van der Waals surface area contributed by atoms with Gasteiger partial charge in [0, 0.05) is 15.7 Å². The highest BCUT2D eigenvalue weighted by molar-refractivity contribution is 9.10. The van der Waals surface area contributed by atoms with Crippen molar-refractivity contribution >= 4 is 33.1 Å². The van der Waals surface area contributed by atoms with Gasteiger partial charge in [0.2, 0.25) is 0 Å². The molecular formula is C20H17BrN2O. The molecule has 0 atom stereocenters. The summed E-state index contributed by atoms with van der Waals surface area (Å²) < 4.78 is 6.24. The Balaban J connectivity index is 1.94. The average Bonchev–Trinajstić information content (AvgIpc) is 2.64. The first-order valence-corrected chi connectivity index (χ1v) is 8.34. The first-order valence-electron chi connectivity index (χ1n) is 7.55. The van der Waals surface area contributed by atoms with Crippen LogP contribution in [-0.4, -0.2) is 12.9 Å². The number of rotatable bonds is 4. The van der Waals surface area contributed by atoms with Crippen molar-refractivity contribution in [1.29, 1.82) is 0 Å². The zero-order valence-corrected chi connectivity index (χ0v) is 14.8. The van der Waals surface area contributed by atoms with Gasteiger partial charge in [-0.1, -0.05) is 46.3 Å². The van der Waals surface area contributed by atoms with Crippen molar-refractivity contribution in [3.8, 4) is 5.75 Å². The largest absolute Gasteiger partial charge is 0.497 e. The lowest BCUT2D eigenvalue weighted by atomic mass is 10.2. The number of benzene rings is 3. The quantitative estimate of drug-likeness (QED) is 0.468. The summed E-state index contributed by atoms with van der Waals surface area (Å²) in [7, 11) is 1.66. The van der Waals surface area contributed by atoms with E-state index in [1.807, 2.05) is 78.9 Å². The van der Waals surface area contributed by atoms with Gasteiger partial charge in [-0.2, -0.15) is 0 Å². The second-order valence-electron chi connectivity index (χ2n) is 5.16. The van der Waals surface area contributed by atoms with E-state index in [1.54, 1.807) is 7.11 Å². The van der Waals surface area contributed by atoms with Gasteiger partial charge in [0.15, 0.2) is 0 Å². The third kappa shape index (κ3) is 4.24. The molecule has 3 rings (SSSR count). The molecule has 0 saturated heterocycles. The number of amidine groups is 1. The number of methoxy groups -OCH3 is 1. The van der Waals surface area contributed by atoms with Crippen LogP contribution in [0.2, 0.25) is 0 Å². The molecule has 0 fully saturated rings. The van der Waals surface area contributed by atoms with Gasteiger partial charge in [-0.15, -0.1) is 0 Å². The molecule has 0 aromatic heterocycles. The van der Waals surface area contributed by atoms with Crippen LogP contribution in [0.3, 0.4) is 0 Å². The number of hydrogen-bond donors (Lipinski definition) is 1. The first kappa shape index (κ1) is 16.3. The minimum atomic E-state index is 0.795. The summed E-state index contributed by atoms with van der Waals surface area (Å²) in [5.41, 5.74) is 2.87. The topological polar surface area (TPSA) is 33.6 Å². The Morgan fingerprint density at radius 3 is 2.17 bits per heavy atom. The molecule has 120 valence electrons. The van der Waals surface area contributed by atoms with Crippen LogP contribution in [0.5, 0.6) is 5.75 Å². The minimum Gasteiger partial charge on any atom is -0.497 e. The fourth-order valence-corrected chi connectivity index (χ4v) is 2.48. The molecule has 3 nitrogen and oxygen atoms in total. The van der Waals surface area contributed by atoms with E-state index in [-0.39, 0.29) is 0 Å². The molecule has 0 heterocycles. The SMILES string of the molecule is COc1ccc(NC(=Nc2ccc(Br)cc2)c2ccccc2)cc1. The zero-order chi connectivity index (χ0) is 16.8. The zero-order valence-electron chi connectivity index (χ0n) is 13.2. The second kappa shape index (κ2) is 7.79. The van der Waals surface area contributed by atoms with Gasteiger partial charge in [0.1, 0.15) is 11.6 Å². The van der Waals surface area contributed by atoms with E-state index >= 15 is 0 Å². The third-order valence-corrected chi connectivity index (χ3v) is 4.00. The normalized spacial score (nSPS) is 11.2. The Morgan fingerprint density at radius 2 is 1.54 bits per heavy atom. The molecule has 0 spiro atoms. The monoisotopic (exact) mass is 380 g/mol. The van der Waals surface area contributed by atoms with Crippen LogP contribution in [0.25, 0.3) is 0 Å². The van der Waals surface area contributed by atoms with Crippen molar-refractivity contribution in [2.75, 3.05) is 12.4 Å².